The van der Waals surface area contributed by atoms with Gasteiger partial charge in [-0.2, -0.15) is 4.90 Å². The number of imide groups is 1. The van der Waals surface area contributed by atoms with Crippen LogP contribution in [0.3, 0.4) is 0 Å². The summed E-state index contributed by atoms with van der Waals surface area (Å²) in [5.41, 5.74) is 6.41. The first-order valence-electron chi connectivity index (χ1n) is 10.3. The highest BCUT2D eigenvalue weighted by Crippen LogP contribution is 2.15. The fourth-order valence-corrected chi connectivity index (χ4v) is 2.84. The minimum absolute atomic E-state index is 0.207. The van der Waals surface area contributed by atoms with E-state index in [1.54, 1.807) is 60.7 Å². The number of nitrogens with zero attached hydrogens (tertiary/aromatic N) is 1. The van der Waals surface area contributed by atoms with Crippen LogP contribution in [0.2, 0.25) is 0 Å². The van der Waals surface area contributed by atoms with E-state index in [-0.39, 0.29) is 26.1 Å². The molecule has 0 aliphatic heterocycles. The number of nitrogens with one attached hydrogen (secondary N) is 1. The second kappa shape index (κ2) is 13.2. The van der Waals surface area contributed by atoms with Gasteiger partial charge in [0.2, 0.25) is 11.8 Å². The molecule has 11 nitrogen and oxygen atoms in total. The van der Waals surface area contributed by atoms with Crippen molar-refractivity contribution >= 4 is 30.0 Å². The third-order valence-electron chi connectivity index (χ3n) is 4.50. The highest BCUT2D eigenvalue weighted by Gasteiger charge is 2.37. The Balaban J connectivity index is 2.25. The van der Waals surface area contributed by atoms with E-state index in [1.807, 2.05) is 0 Å². The number of carboxylic acid groups (broad SMARTS) is 1. The van der Waals surface area contributed by atoms with Crippen molar-refractivity contribution in [2.75, 3.05) is 6.54 Å². The van der Waals surface area contributed by atoms with E-state index in [0.29, 0.717) is 16.0 Å². The predicted molar refractivity (Wildman–Crippen MR) is 118 cm³/mol. The van der Waals surface area contributed by atoms with Crippen molar-refractivity contribution < 1.29 is 38.6 Å². The number of primary amides is 1. The van der Waals surface area contributed by atoms with Crippen LogP contribution >= 0.6 is 0 Å². The van der Waals surface area contributed by atoms with Gasteiger partial charge in [0.25, 0.3) is 0 Å². The lowest BCUT2D eigenvalue weighted by Crippen LogP contribution is -2.53. The van der Waals surface area contributed by atoms with Gasteiger partial charge in [-0.1, -0.05) is 60.7 Å². The molecule has 0 aromatic heterocycles. The molecule has 0 aliphatic carbocycles. The maximum absolute atomic E-state index is 12.9. The van der Waals surface area contributed by atoms with Crippen molar-refractivity contribution in [1.82, 2.24) is 10.2 Å². The van der Waals surface area contributed by atoms with Crippen molar-refractivity contribution in [2.24, 2.45) is 5.73 Å². The lowest BCUT2D eigenvalue weighted by molar-refractivity contribution is -0.138. The molecule has 2 aromatic rings. The molecular weight excluding hydrogens is 446 g/mol. The zero-order valence-corrected chi connectivity index (χ0v) is 18.2. The molecule has 0 unspecified atom stereocenters. The van der Waals surface area contributed by atoms with Crippen LogP contribution in [0.25, 0.3) is 0 Å². The second-order valence-electron chi connectivity index (χ2n) is 7.08. The molecule has 0 saturated carbocycles. The van der Waals surface area contributed by atoms with Crippen LogP contribution in [0.15, 0.2) is 60.7 Å². The predicted octanol–water partition coefficient (Wildman–Crippen LogP) is 1.80. The van der Waals surface area contributed by atoms with Gasteiger partial charge in [0.05, 0.1) is 0 Å². The molecule has 0 bridgehead atoms. The lowest BCUT2D eigenvalue weighted by atomic mass is 10.1. The second-order valence-corrected chi connectivity index (χ2v) is 7.08. The van der Waals surface area contributed by atoms with Crippen LogP contribution in [-0.4, -0.2) is 52.6 Å². The van der Waals surface area contributed by atoms with Crippen molar-refractivity contribution in [1.29, 1.82) is 0 Å². The van der Waals surface area contributed by atoms with E-state index in [9.17, 15) is 24.0 Å². The molecule has 2 rings (SSSR count). The fraction of sp³-hybridized carbons (Fsp3) is 0.261. The average Bonchev–Trinajstić information content (AvgIpc) is 2.83. The van der Waals surface area contributed by atoms with Gasteiger partial charge in [-0.15, -0.1) is 0 Å². The summed E-state index contributed by atoms with van der Waals surface area (Å²) in [6.07, 6.45) is -3.13. The van der Waals surface area contributed by atoms with Crippen LogP contribution in [0.1, 0.15) is 24.0 Å². The summed E-state index contributed by atoms with van der Waals surface area (Å²) < 4.78 is 10.4. The van der Waals surface area contributed by atoms with Gasteiger partial charge in [0.15, 0.2) is 0 Å². The summed E-state index contributed by atoms with van der Waals surface area (Å²) in [7, 11) is 0. The average molecular weight is 471 g/mol. The molecule has 11 heteroatoms. The number of hydrogen-bond acceptors (Lipinski definition) is 7. The van der Waals surface area contributed by atoms with Crippen LogP contribution < -0.4 is 11.1 Å². The van der Waals surface area contributed by atoms with Gasteiger partial charge >= 0.3 is 18.2 Å². The Labute approximate surface area is 195 Å². The molecule has 0 spiro atoms. The maximum atomic E-state index is 12.9. The molecule has 0 saturated heterocycles. The SMILES string of the molecule is NC(=O)CC[C@@H](C(=O)NCC(=O)O)N(C(=O)OCc1ccccc1)C(=O)OCc1ccccc1. The molecule has 4 N–H and O–H groups in total. The molecule has 34 heavy (non-hydrogen) atoms. The lowest BCUT2D eigenvalue weighted by Gasteiger charge is -2.27. The molecule has 0 radical (unpaired) electrons. The minimum Gasteiger partial charge on any atom is -0.480 e. The van der Waals surface area contributed by atoms with E-state index < -0.39 is 42.6 Å². The van der Waals surface area contributed by atoms with Crippen molar-refractivity contribution in [3.63, 3.8) is 0 Å². The first-order valence-corrected chi connectivity index (χ1v) is 10.3. The zero-order valence-electron chi connectivity index (χ0n) is 18.2. The van der Waals surface area contributed by atoms with Crippen LogP contribution in [0, 0.1) is 0 Å². The number of carbonyl (C=O) groups excluding carboxylic acids is 4. The maximum Gasteiger partial charge on any atom is 0.420 e. The first kappa shape index (κ1) is 25.8. The van der Waals surface area contributed by atoms with Gasteiger partial charge in [-0.05, 0) is 17.5 Å². The number of benzene rings is 2. The van der Waals surface area contributed by atoms with Gasteiger partial charge in [-0.3, -0.25) is 14.4 Å². The van der Waals surface area contributed by atoms with E-state index in [0.717, 1.165) is 0 Å². The highest BCUT2D eigenvalue weighted by molar-refractivity contribution is 5.96. The Kier molecular flexibility index (Phi) is 10.0. The Bertz CT molecular complexity index is 942. The van der Waals surface area contributed by atoms with Crippen LogP contribution in [-0.2, 0) is 37.1 Å². The normalized spacial score (nSPS) is 11.1. The first-order chi connectivity index (χ1) is 16.3. The number of nitrogens with two attached hydrogens (primary N) is 1. The molecule has 1 atom stereocenters. The number of rotatable bonds is 11. The molecule has 4 amide bonds. The van der Waals surface area contributed by atoms with E-state index in [2.05, 4.69) is 5.32 Å². The van der Waals surface area contributed by atoms with Gasteiger partial charge < -0.3 is 25.6 Å². The summed E-state index contributed by atoms with van der Waals surface area (Å²) in [6.45, 7) is -1.18. The van der Waals surface area contributed by atoms with Crippen molar-refractivity contribution in [3.8, 4) is 0 Å². The van der Waals surface area contributed by atoms with E-state index >= 15 is 0 Å². The van der Waals surface area contributed by atoms with Crippen LogP contribution in [0.4, 0.5) is 9.59 Å². The topological polar surface area (TPSA) is 165 Å². The van der Waals surface area contributed by atoms with Gasteiger partial charge in [0, 0.05) is 6.42 Å². The molecule has 180 valence electrons. The quantitative estimate of drug-likeness (QED) is 0.446. The Morgan fingerprint density at radius 1 is 0.853 bits per heavy atom. The van der Waals surface area contributed by atoms with Crippen molar-refractivity contribution in [2.45, 2.75) is 32.1 Å². The monoisotopic (exact) mass is 471 g/mol. The summed E-state index contributed by atoms with van der Waals surface area (Å²) in [4.78, 5) is 61.1. The zero-order chi connectivity index (χ0) is 24.9. The number of hydrogen-bond donors (Lipinski definition) is 3. The Hall–Kier alpha value is -4.41. The summed E-state index contributed by atoms with van der Waals surface area (Å²) in [6, 6.07) is 15.6. The molecule has 0 heterocycles. The largest absolute Gasteiger partial charge is 0.480 e. The Morgan fingerprint density at radius 3 is 1.74 bits per heavy atom. The summed E-state index contributed by atoms with van der Waals surface area (Å²) in [5, 5.41) is 11.0. The van der Waals surface area contributed by atoms with Crippen LogP contribution in [0.5, 0.6) is 0 Å². The molecule has 2 aromatic carbocycles. The summed E-state index contributed by atoms with van der Waals surface area (Å²) >= 11 is 0. The van der Waals surface area contributed by atoms with Gasteiger partial charge in [0.1, 0.15) is 25.8 Å². The number of carboxylic acids is 1. The molecule has 0 fully saturated rings. The highest BCUT2D eigenvalue weighted by atomic mass is 16.6. The number of ether oxygens (including phenoxy) is 2. The third kappa shape index (κ3) is 8.61. The smallest absolute Gasteiger partial charge is 0.420 e. The Morgan fingerprint density at radius 2 is 1.32 bits per heavy atom. The van der Waals surface area contributed by atoms with E-state index in [4.69, 9.17) is 20.3 Å². The molecule has 0 aliphatic rings. The number of carbonyl (C=O) groups is 5. The third-order valence-corrected chi connectivity index (χ3v) is 4.50. The van der Waals surface area contributed by atoms with Gasteiger partial charge in [-0.25, -0.2) is 9.59 Å². The standard InChI is InChI=1S/C23H25N3O8/c24-19(27)12-11-18(21(30)25-13-20(28)29)26(22(31)33-14-16-7-3-1-4-8-16)23(32)34-15-17-9-5-2-6-10-17/h1-10,18H,11-15H2,(H2,24,27)(H,25,30)(H,28,29)/t18-/m0/s1. The summed E-state index contributed by atoms with van der Waals surface area (Å²) in [5.74, 6) is -3.12. The minimum atomic E-state index is -1.60. The van der Waals surface area contributed by atoms with Crippen molar-refractivity contribution in [3.05, 3.63) is 71.8 Å². The number of aliphatic carboxylic acids is 1. The number of amides is 4. The fourth-order valence-electron chi connectivity index (χ4n) is 2.84. The molecular formula is C23H25N3O8. The van der Waals surface area contributed by atoms with E-state index in [1.165, 1.54) is 0 Å².